The van der Waals surface area contributed by atoms with Gasteiger partial charge in [-0.3, -0.25) is 4.79 Å². The van der Waals surface area contributed by atoms with Crippen molar-refractivity contribution in [2.24, 2.45) is 5.92 Å². The number of hydrogen-bond acceptors (Lipinski definition) is 3. The molecule has 3 heteroatoms. The summed E-state index contributed by atoms with van der Waals surface area (Å²) in [6, 6.07) is 21.3. The van der Waals surface area contributed by atoms with Gasteiger partial charge in [0.15, 0.2) is 0 Å². The van der Waals surface area contributed by atoms with Gasteiger partial charge in [-0.15, -0.1) is 0 Å². The van der Waals surface area contributed by atoms with Crippen LogP contribution in [0.4, 0.5) is 5.69 Å². The summed E-state index contributed by atoms with van der Waals surface area (Å²) >= 11 is 0. The molecule has 3 rings (SSSR count). The number of anilines is 1. The van der Waals surface area contributed by atoms with Crippen molar-refractivity contribution in [3.05, 3.63) is 72.3 Å². The van der Waals surface area contributed by atoms with Crippen LogP contribution in [0.3, 0.4) is 0 Å². The Balaban J connectivity index is 1.79. The minimum Gasteiger partial charge on any atom is -0.426 e. The molecule has 0 aliphatic carbocycles. The number of nitrogens with two attached hydrogens (primary N) is 1. The Bertz CT molecular complexity index is 852. The highest BCUT2D eigenvalue weighted by Crippen LogP contribution is 2.26. The number of hydrogen-bond donors (Lipinski definition) is 1. The number of carbonyl (C=O) groups is 1. The van der Waals surface area contributed by atoms with Crippen molar-refractivity contribution in [3.8, 4) is 5.75 Å². The van der Waals surface area contributed by atoms with E-state index in [4.69, 9.17) is 10.5 Å². The molecule has 1 atom stereocenters. The highest BCUT2D eigenvalue weighted by molar-refractivity contribution is 5.90. The van der Waals surface area contributed by atoms with Crippen molar-refractivity contribution in [1.29, 1.82) is 0 Å². The molecule has 2 N–H and O–H groups in total. The minimum atomic E-state index is -0.198. The molecule has 0 radical (unpaired) electrons. The summed E-state index contributed by atoms with van der Waals surface area (Å²) in [5.41, 5.74) is 7.59. The summed E-state index contributed by atoms with van der Waals surface area (Å²) in [5, 5.41) is 2.01. The summed E-state index contributed by atoms with van der Waals surface area (Å²) in [6.07, 6.45) is 1.35. The first-order chi connectivity index (χ1) is 11.7. The van der Waals surface area contributed by atoms with Crippen LogP contribution in [0, 0.1) is 5.92 Å². The van der Waals surface area contributed by atoms with Gasteiger partial charge in [0.1, 0.15) is 5.75 Å². The molecule has 0 aliphatic rings. The smallest absolute Gasteiger partial charge is 0.314 e. The van der Waals surface area contributed by atoms with E-state index in [9.17, 15) is 4.79 Å². The van der Waals surface area contributed by atoms with Gasteiger partial charge in [-0.05, 0) is 42.0 Å². The summed E-state index contributed by atoms with van der Waals surface area (Å²) < 4.78 is 5.71. The van der Waals surface area contributed by atoms with Gasteiger partial charge in [0.05, 0.1) is 5.92 Å². The first kappa shape index (κ1) is 16.1. The summed E-state index contributed by atoms with van der Waals surface area (Å²) in [5.74, 6) is 0.228. The molecule has 122 valence electrons. The molecule has 3 nitrogen and oxygen atoms in total. The Labute approximate surface area is 142 Å². The Morgan fingerprint density at radius 3 is 2.58 bits per heavy atom. The van der Waals surface area contributed by atoms with Gasteiger partial charge in [0.2, 0.25) is 0 Å². The first-order valence-corrected chi connectivity index (χ1v) is 8.21. The maximum atomic E-state index is 12.6. The predicted octanol–water partition coefficient (Wildman–Crippen LogP) is 4.60. The van der Waals surface area contributed by atoms with Crippen molar-refractivity contribution in [2.75, 3.05) is 5.73 Å². The highest BCUT2D eigenvalue weighted by atomic mass is 16.5. The van der Waals surface area contributed by atoms with Crippen LogP contribution in [0.1, 0.15) is 18.9 Å². The molecule has 0 amide bonds. The van der Waals surface area contributed by atoms with E-state index >= 15 is 0 Å². The van der Waals surface area contributed by atoms with Crippen molar-refractivity contribution < 1.29 is 9.53 Å². The number of esters is 1. The maximum absolute atomic E-state index is 12.6. The minimum absolute atomic E-state index is 0.189. The van der Waals surface area contributed by atoms with Crippen LogP contribution in [-0.4, -0.2) is 5.97 Å². The van der Waals surface area contributed by atoms with Crippen LogP contribution in [0.25, 0.3) is 10.8 Å². The van der Waals surface area contributed by atoms with Gasteiger partial charge in [-0.25, -0.2) is 0 Å². The highest BCUT2D eigenvalue weighted by Gasteiger charge is 2.20. The third kappa shape index (κ3) is 3.57. The lowest BCUT2D eigenvalue weighted by Crippen LogP contribution is -2.22. The van der Waals surface area contributed by atoms with Gasteiger partial charge < -0.3 is 10.5 Å². The van der Waals surface area contributed by atoms with E-state index in [0.29, 0.717) is 17.9 Å². The lowest BCUT2D eigenvalue weighted by Gasteiger charge is -2.15. The van der Waals surface area contributed by atoms with E-state index in [1.54, 1.807) is 0 Å². The topological polar surface area (TPSA) is 52.3 Å². The molecular weight excluding hydrogens is 298 g/mol. The molecule has 0 spiro atoms. The van der Waals surface area contributed by atoms with Gasteiger partial charge in [0, 0.05) is 11.1 Å². The molecule has 0 aromatic heterocycles. The standard InChI is InChI=1S/C21H21NO2/c1-2-16(13-15-7-5-10-18(22)14-15)21(23)24-20-12-6-9-17-8-3-4-11-19(17)20/h3-12,14,16H,2,13,22H2,1H3. The number of carbonyl (C=O) groups excluding carboxylic acids is 1. The molecule has 0 fully saturated rings. The fraction of sp³-hybridized carbons (Fsp3) is 0.190. The number of fused-ring (bicyclic) bond motifs is 1. The molecule has 0 saturated carbocycles. The van der Waals surface area contributed by atoms with Crippen molar-refractivity contribution in [2.45, 2.75) is 19.8 Å². The lowest BCUT2D eigenvalue weighted by atomic mass is 9.96. The second-order valence-electron chi connectivity index (χ2n) is 5.95. The largest absolute Gasteiger partial charge is 0.426 e. The Hall–Kier alpha value is -2.81. The second-order valence-corrected chi connectivity index (χ2v) is 5.95. The normalized spacial score (nSPS) is 12.0. The first-order valence-electron chi connectivity index (χ1n) is 8.21. The molecule has 0 heterocycles. The number of ether oxygens (including phenoxy) is 1. The molecule has 0 saturated heterocycles. The number of rotatable bonds is 5. The van der Waals surface area contributed by atoms with Gasteiger partial charge >= 0.3 is 5.97 Å². The summed E-state index contributed by atoms with van der Waals surface area (Å²) in [6.45, 7) is 2.00. The Morgan fingerprint density at radius 2 is 1.79 bits per heavy atom. The van der Waals surface area contributed by atoms with Crippen molar-refractivity contribution in [1.82, 2.24) is 0 Å². The van der Waals surface area contributed by atoms with Gasteiger partial charge in [0.25, 0.3) is 0 Å². The average Bonchev–Trinajstić information content (AvgIpc) is 2.60. The third-order valence-electron chi connectivity index (χ3n) is 4.22. The van der Waals surface area contributed by atoms with E-state index in [0.717, 1.165) is 22.8 Å². The van der Waals surface area contributed by atoms with Gasteiger partial charge in [-0.1, -0.05) is 55.5 Å². The van der Waals surface area contributed by atoms with Crippen LogP contribution in [-0.2, 0) is 11.2 Å². The molecule has 0 aliphatic heterocycles. The molecular formula is C21H21NO2. The van der Waals surface area contributed by atoms with Crippen molar-refractivity contribution in [3.63, 3.8) is 0 Å². The van der Waals surface area contributed by atoms with Crippen LogP contribution in [0.5, 0.6) is 5.75 Å². The molecule has 0 bridgehead atoms. The van der Waals surface area contributed by atoms with Crippen LogP contribution >= 0.6 is 0 Å². The molecule has 3 aromatic carbocycles. The SMILES string of the molecule is CCC(Cc1cccc(N)c1)C(=O)Oc1cccc2ccccc12. The van der Waals surface area contributed by atoms with E-state index in [1.165, 1.54) is 0 Å². The Kier molecular flexibility index (Phi) is 4.80. The van der Waals surface area contributed by atoms with E-state index in [1.807, 2.05) is 73.7 Å². The maximum Gasteiger partial charge on any atom is 0.314 e. The number of nitrogen functional groups attached to an aromatic ring is 1. The summed E-state index contributed by atoms with van der Waals surface area (Å²) in [7, 11) is 0. The number of benzene rings is 3. The molecule has 24 heavy (non-hydrogen) atoms. The fourth-order valence-corrected chi connectivity index (χ4v) is 2.88. The zero-order valence-electron chi connectivity index (χ0n) is 13.7. The zero-order valence-corrected chi connectivity index (χ0v) is 13.7. The van der Waals surface area contributed by atoms with Crippen molar-refractivity contribution >= 4 is 22.4 Å². The monoisotopic (exact) mass is 319 g/mol. The fourth-order valence-electron chi connectivity index (χ4n) is 2.88. The quantitative estimate of drug-likeness (QED) is 0.425. The predicted molar refractivity (Wildman–Crippen MR) is 97.9 cm³/mol. The summed E-state index contributed by atoms with van der Waals surface area (Å²) in [4.78, 5) is 12.6. The Morgan fingerprint density at radius 1 is 1.04 bits per heavy atom. The molecule has 3 aromatic rings. The average molecular weight is 319 g/mol. The second kappa shape index (κ2) is 7.18. The van der Waals surface area contributed by atoms with Crippen LogP contribution < -0.4 is 10.5 Å². The van der Waals surface area contributed by atoms with E-state index < -0.39 is 0 Å². The van der Waals surface area contributed by atoms with E-state index in [2.05, 4.69) is 0 Å². The lowest BCUT2D eigenvalue weighted by molar-refractivity contribution is -0.138. The van der Waals surface area contributed by atoms with Gasteiger partial charge in [-0.2, -0.15) is 0 Å². The van der Waals surface area contributed by atoms with E-state index in [-0.39, 0.29) is 11.9 Å². The molecule has 1 unspecified atom stereocenters. The van der Waals surface area contributed by atoms with Crippen LogP contribution in [0.15, 0.2) is 66.7 Å². The zero-order chi connectivity index (χ0) is 16.9. The van der Waals surface area contributed by atoms with Crippen LogP contribution in [0.2, 0.25) is 0 Å². The third-order valence-corrected chi connectivity index (χ3v) is 4.22.